The molecule has 6 nitrogen and oxygen atoms in total. The van der Waals surface area contributed by atoms with Gasteiger partial charge in [0.25, 0.3) is 15.9 Å². The normalized spacial score (nSPS) is 15.2. The van der Waals surface area contributed by atoms with E-state index in [1.54, 1.807) is 12.1 Å². The minimum absolute atomic E-state index is 0.0542. The van der Waals surface area contributed by atoms with E-state index >= 15 is 0 Å². The van der Waals surface area contributed by atoms with Crippen LogP contribution in [-0.2, 0) is 21.4 Å². The van der Waals surface area contributed by atoms with E-state index in [9.17, 15) is 18.0 Å². The van der Waals surface area contributed by atoms with E-state index in [0.29, 0.717) is 4.31 Å². The predicted molar refractivity (Wildman–Crippen MR) is 87.7 cm³/mol. The van der Waals surface area contributed by atoms with Crippen molar-refractivity contribution in [2.24, 2.45) is 0 Å². The van der Waals surface area contributed by atoms with Crippen molar-refractivity contribution < 1.29 is 18.0 Å². The average Bonchev–Trinajstić information content (AvgIpc) is 2.75. The highest BCUT2D eigenvalue weighted by Gasteiger charge is 2.41. The molecule has 1 aliphatic rings. The lowest BCUT2D eigenvalue weighted by molar-refractivity contribution is -0.121. The van der Waals surface area contributed by atoms with Crippen molar-refractivity contribution in [1.82, 2.24) is 9.62 Å². The Balaban J connectivity index is 1.70. The SMILES string of the molecule is Cc1cccc(CNC(=O)CN2C(=O)c3ccccc3S2(=O)=O)c1. The third-order valence-electron chi connectivity index (χ3n) is 3.77. The van der Waals surface area contributed by atoms with E-state index in [0.717, 1.165) is 11.1 Å². The molecular formula is C17H16N2O4S. The second-order valence-corrected chi connectivity index (χ2v) is 7.41. The van der Waals surface area contributed by atoms with Crippen LogP contribution in [0.25, 0.3) is 0 Å². The molecule has 1 aliphatic heterocycles. The van der Waals surface area contributed by atoms with Gasteiger partial charge in [0.05, 0.1) is 5.56 Å². The largest absolute Gasteiger partial charge is 0.350 e. The molecule has 2 amide bonds. The van der Waals surface area contributed by atoms with E-state index < -0.39 is 28.4 Å². The summed E-state index contributed by atoms with van der Waals surface area (Å²) >= 11 is 0. The van der Waals surface area contributed by atoms with Crippen molar-refractivity contribution in [3.63, 3.8) is 0 Å². The Morgan fingerprint density at radius 3 is 2.58 bits per heavy atom. The standard InChI is InChI=1S/C17H16N2O4S/c1-12-5-4-6-13(9-12)10-18-16(20)11-19-17(21)14-7-2-3-8-15(14)24(19,22)23/h2-9H,10-11H2,1H3,(H,18,20). The van der Waals surface area contributed by atoms with Gasteiger partial charge in [0, 0.05) is 6.54 Å². The van der Waals surface area contributed by atoms with Gasteiger partial charge < -0.3 is 5.32 Å². The zero-order chi connectivity index (χ0) is 17.3. The first-order valence-corrected chi connectivity index (χ1v) is 8.82. The number of hydrogen-bond acceptors (Lipinski definition) is 4. The number of nitrogens with zero attached hydrogens (tertiary/aromatic N) is 1. The van der Waals surface area contributed by atoms with Gasteiger partial charge in [-0.05, 0) is 24.6 Å². The summed E-state index contributed by atoms with van der Waals surface area (Å²) in [5, 5.41) is 2.64. The molecule has 2 aromatic rings. The number of amides is 2. The fraction of sp³-hybridized carbons (Fsp3) is 0.176. The number of fused-ring (bicyclic) bond motifs is 1. The Kier molecular flexibility index (Phi) is 4.11. The summed E-state index contributed by atoms with van der Waals surface area (Å²) in [6.45, 7) is 1.69. The van der Waals surface area contributed by atoms with Gasteiger partial charge in [-0.2, -0.15) is 0 Å². The first-order valence-electron chi connectivity index (χ1n) is 7.38. The second-order valence-electron chi connectivity index (χ2n) is 5.58. The van der Waals surface area contributed by atoms with Crippen molar-refractivity contribution in [1.29, 1.82) is 0 Å². The maximum Gasteiger partial charge on any atom is 0.269 e. The molecule has 0 spiro atoms. The quantitative estimate of drug-likeness (QED) is 0.910. The first kappa shape index (κ1) is 16.2. The molecule has 0 unspecified atom stereocenters. The lowest BCUT2D eigenvalue weighted by Gasteiger charge is -2.14. The number of aryl methyl sites for hydroxylation is 1. The molecule has 1 N–H and O–H groups in total. The number of rotatable bonds is 4. The molecule has 0 fully saturated rings. The zero-order valence-electron chi connectivity index (χ0n) is 13.0. The summed E-state index contributed by atoms with van der Waals surface area (Å²) in [5.74, 6) is -1.20. The maximum atomic E-state index is 12.4. The van der Waals surface area contributed by atoms with Crippen LogP contribution in [0, 0.1) is 6.92 Å². The highest BCUT2D eigenvalue weighted by molar-refractivity contribution is 7.90. The third-order valence-corrected chi connectivity index (χ3v) is 5.56. The molecule has 1 heterocycles. The molecule has 2 aromatic carbocycles. The minimum Gasteiger partial charge on any atom is -0.350 e. The molecule has 0 aliphatic carbocycles. The van der Waals surface area contributed by atoms with E-state index in [4.69, 9.17) is 0 Å². The number of hydrogen-bond donors (Lipinski definition) is 1. The zero-order valence-corrected chi connectivity index (χ0v) is 13.8. The molecule has 0 saturated carbocycles. The van der Waals surface area contributed by atoms with Crippen LogP contribution in [0.2, 0.25) is 0 Å². The number of sulfonamides is 1. The van der Waals surface area contributed by atoms with Gasteiger partial charge in [0.1, 0.15) is 11.4 Å². The molecule has 7 heteroatoms. The smallest absolute Gasteiger partial charge is 0.269 e. The number of carbonyl (C=O) groups excluding carboxylic acids is 2. The van der Waals surface area contributed by atoms with Gasteiger partial charge in [0.2, 0.25) is 5.91 Å². The summed E-state index contributed by atoms with van der Waals surface area (Å²) in [6, 6.07) is 13.6. The first-order chi connectivity index (χ1) is 11.4. The van der Waals surface area contributed by atoms with Crippen LogP contribution in [0.15, 0.2) is 53.4 Å². The molecular weight excluding hydrogens is 328 g/mol. The van der Waals surface area contributed by atoms with Gasteiger partial charge in [-0.1, -0.05) is 42.0 Å². The lowest BCUT2D eigenvalue weighted by Crippen LogP contribution is -2.40. The Morgan fingerprint density at radius 2 is 1.88 bits per heavy atom. The van der Waals surface area contributed by atoms with Crippen molar-refractivity contribution in [2.75, 3.05) is 6.54 Å². The molecule has 0 radical (unpaired) electrons. The second kappa shape index (κ2) is 6.09. The third kappa shape index (κ3) is 2.90. The molecule has 0 saturated heterocycles. The van der Waals surface area contributed by atoms with Crippen LogP contribution in [0.5, 0.6) is 0 Å². The van der Waals surface area contributed by atoms with Crippen molar-refractivity contribution in [3.05, 3.63) is 65.2 Å². The van der Waals surface area contributed by atoms with Crippen LogP contribution >= 0.6 is 0 Å². The highest BCUT2D eigenvalue weighted by atomic mass is 32.2. The molecule has 3 rings (SSSR count). The van der Waals surface area contributed by atoms with E-state index in [1.807, 2.05) is 31.2 Å². The van der Waals surface area contributed by atoms with Crippen LogP contribution in [0.3, 0.4) is 0 Å². The minimum atomic E-state index is -3.96. The number of carbonyl (C=O) groups is 2. The Morgan fingerprint density at radius 1 is 1.12 bits per heavy atom. The summed E-state index contributed by atoms with van der Waals surface area (Å²) in [6.07, 6.45) is 0. The fourth-order valence-corrected chi connectivity index (χ4v) is 4.12. The topological polar surface area (TPSA) is 83.6 Å². The highest BCUT2D eigenvalue weighted by Crippen LogP contribution is 2.29. The lowest BCUT2D eigenvalue weighted by atomic mass is 10.1. The van der Waals surface area contributed by atoms with E-state index in [2.05, 4.69) is 5.32 Å². The number of benzene rings is 2. The summed E-state index contributed by atoms with van der Waals surface area (Å²) in [4.78, 5) is 24.3. The average molecular weight is 344 g/mol. The van der Waals surface area contributed by atoms with Gasteiger partial charge >= 0.3 is 0 Å². The Hall–Kier alpha value is -2.67. The van der Waals surface area contributed by atoms with Crippen LogP contribution in [-0.4, -0.2) is 31.1 Å². The van der Waals surface area contributed by atoms with Crippen molar-refractivity contribution >= 4 is 21.8 Å². The van der Waals surface area contributed by atoms with Crippen LogP contribution in [0.4, 0.5) is 0 Å². The molecule has 0 aromatic heterocycles. The van der Waals surface area contributed by atoms with Crippen molar-refractivity contribution in [2.45, 2.75) is 18.4 Å². The van der Waals surface area contributed by atoms with Gasteiger partial charge in [-0.15, -0.1) is 0 Å². The predicted octanol–water partition coefficient (Wildman–Crippen LogP) is 1.46. The molecule has 0 atom stereocenters. The Labute approximate surface area is 140 Å². The van der Waals surface area contributed by atoms with E-state index in [-0.39, 0.29) is 17.0 Å². The molecule has 124 valence electrons. The maximum absolute atomic E-state index is 12.4. The summed E-state index contributed by atoms with van der Waals surface area (Å²) in [5.41, 5.74) is 2.07. The van der Waals surface area contributed by atoms with Gasteiger partial charge in [0.15, 0.2) is 0 Å². The van der Waals surface area contributed by atoms with Crippen LogP contribution in [0.1, 0.15) is 21.5 Å². The fourth-order valence-electron chi connectivity index (χ4n) is 2.60. The monoisotopic (exact) mass is 344 g/mol. The van der Waals surface area contributed by atoms with Gasteiger partial charge in [-0.3, -0.25) is 9.59 Å². The molecule has 0 bridgehead atoms. The number of nitrogens with one attached hydrogen (secondary N) is 1. The van der Waals surface area contributed by atoms with E-state index in [1.165, 1.54) is 12.1 Å². The van der Waals surface area contributed by atoms with Crippen LogP contribution < -0.4 is 5.32 Å². The molecule has 24 heavy (non-hydrogen) atoms. The summed E-state index contributed by atoms with van der Waals surface area (Å²) in [7, 11) is -3.96. The summed E-state index contributed by atoms with van der Waals surface area (Å²) < 4.78 is 25.4. The Bertz CT molecular complexity index is 922. The van der Waals surface area contributed by atoms with Crippen molar-refractivity contribution in [3.8, 4) is 0 Å². The van der Waals surface area contributed by atoms with Gasteiger partial charge in [-0.25, -0.2) is 12.7 Å².